The van der Waals surface area contributed by atoms with Gasteiger partial charge in [-0.1, -0.05) is 32.5 Å². The molecule has 1 saturated carbocycles. The highest BCUT2D eigenvalue weighted by Gasteiger charge is 2.37. The van der Waals surface area contributed by atoms with Crippen LogP contribution in [0.2, 0.25) is 0 Å². The Bertz CT molecular complexity index is 469. The molecule has 4 nitrogen and oxygen atoms in total. The van der Waals surface area contributed by atoms with Gasteiger partial charge in [-0.2, -0.15) is 10.4 Å². The molecule has 1 aliphatic carbocycles. The Balaban J connectivity index is 2.11. The number of nitriles is 1. The number of rotatable bonds is 2. The van der Waals surface area contributed by atoms with Crippen LogP contribution in [0.5, 0.6) is 0 Å². The summed E-state index contributed by atoms with van der Waals surface area (Å²) in [5.74, 6) is 0.822. The molecule has 0 aliphatic heterocycles. The van der Waals surface area contributed by atoms with E-state index >= 15 is 0 Å². The first kappa shape index (κ1) is 14.4. The van der Waals surface area contributed by atoms with E-state index in [9.17, 15) is 5.26 Å². The maximum absolute atomic E-state index is 9.34. The Labute approximate surface area is 119 Å². The molecule has 3 atom stereocenters. The second-order valence-corrected chi connectivity index (χ2v) is 7.64. The van der Waals surface area contributed by atoms with Gasteiger partial charge in [0, 0.05) is 12.3 Å². The largest absolute Gasteiger partial charge is 0.244 e. The van der Waals surface area contributed by atoms with Crippen molar-refractivity contribution in [3.63, 3.8) is 0 Å². The standard InChI is InChI=1S/C14H22N4S/c1-14(2,3)11-6-5-10(8-15)12(7-11)19-13-16-9-17-18(13)4/h9-12H,5-7H2,1-4H3. The van der Waals surface area contributed by atoms with Crippen LogP contribution < -0.4 is 0 Å². The van der Waals surface area contributed by atoms with Gasteiger partial charge in [0.15, 0.2) is 5.16 Å². The summed E-state index contributed by atoms with van der Waals surface area (Å²) < 4.78 is 1.79. The second kappa shape index (κ2) is 5.54. The smallest absolute Gasteiger partial charge is 0.186 e. The summed E-state index contributed by atoms with van der Waals surface area (Å²) >= 11 is 1.72. The van der Waals surface area contributed by atoms with Gasteiger partial charge in [0.2, 0.25) is 0 Å². The number of hydrogen-bond donors (Lipinski definition) is 0. The van der Waals surface area contributed by atoms with E-state index in [0.29, 0.717) is 16.6 Å². The number of aromatic nitrogens is 3. The van der Waals surface area contributed by atoms with E-state index in [0.717, 1.165) is 24.4 Å². The molecule has 19 heavy (non-hydrogen) atoms. The van der Waals surface area contributed by atoms with Gasteiger partial charge < -0.3 is 0 Å². The molecule has 1 aromatic heterocycles. The molecule has 3 unspecified atom stereocenters. The molecule has 0 radical (unpaired) electrons. The maximum atomic E-state index is 9.34. The summed E-state index contributed by atoms with van der Waals surface area (Å²) in [5, 5.41) is 14.7. The predicted octanol–water partition coefficient (Wildman–Crippen LogP) is 3.26. The quantitative estimate of drug-likeness (QED) is 0.833. The molecular weight excluding hydrogens is 256 g/mol. The minimum atomic E-state index is 0.139. The average Bonchev–Trinajstić information content (AvgIpc) is 2.74. The molecule has 1 heterocycles. The lowest BCUT2D eigenvalue weighted by molar-refractivity contribution is 0.169. The van der Waals surface area contributed by atoms with Crippen molar-refractivity contribution in [2.24, 2.45) is 24.3 Å². The third-order valence-corrected chi connectivity index (χ3v) is 5.51. The van der Waals surface area contributed by atoms with Gasteiger partial charge in [0.05, 0.1) is 12.0 Å². The van der Waals surface area contributed by atoms with Crippen LogP contribution in [0.3, 0.4) is 0 Å². The molecule has 2 rings (SSSR count). The monoisotopic (exact) mass is 278 g/mol. The molecule has 0 spiro atoms. The molecular formula is C14H22N4S. The van der Waals surface area contributed by atoms with Crippen molar-refractivity contribution >= 4 is 11.8 Å². The fraction of sp³-hybridized carbons (Fsp3) is 0.786. The second-order valence-electron chi connectivity index (χ2n) is 6.43. The molecule has 1 aromatic rings. The minimum Gasteiger partial charge on any atom is -0.244 e. The molecule has 1 aliphatic rings. The van der Waals surface area contributed by atoms with E-state index in [1.807, 2.05) is 7.05 Å². The molecule has 0 N–H and O–H groups in total. The van der Waals surface area contributed by atoms with E-state index in [4.69, 9.17) is 0 Å². The van der Waals surface area contributed by atoms with Crippen LogP contribution in [0.1, 0.15) is 40.0 Å². The van der Waals surface area contributed by atoms with Crippen LogP contribution >= 0.6 is 11.8 Å². The van der Waals surface area contributed by atoms with Gasteiger partial charge >= 0.3 is 0 Å². The van der Waals surface area contributed by atoms with Gasteiger partial charge in [0.25, 0.3) is 0 Å². The highest BCUT2D eigenvalue weighted by molar-refractivity contribution is 7.99. The van der Waals surface area contributed by atoms with Crippen molar-refractivity contribution in [3.05, 3.63) is 6.33 Å². The van der Waals surface area contributed by atoms with Crippen molar-refractivity contribution in [1.82, 2.24) is 14.8 Å². The van der Waals surface area contributed by atoms with Crippen molar-refractivity contribution < 1.29 is 0 Å². The molecule has 0 bridgehead atoms. The minimum absolute atomic E-state index is 0.139. The zero-order valence-electron chi connectivity index (χ0n) is 12.1. The van der Waals surface area contributed by atoms with E-state index < -0.39 is 0 Å². The van der Waals surface area contributed by atoms with Gasteiger partial charge in [-0.25, -0.2) is 9.67 Å². The lowest BCUT2D eigenvalue weighted by atomic mass is 9.70. The summed E-state index contributed by atoms with van der Waals surface area (Å²) in [4.78, 5) is 4.27. The van der Waals surface area contributed by atoms with Crippen LogP contribution in [-0.2, 0) is 7.05 Å². The lowest BCUT2D eigenvalue weighted by Gasteiger charge is -2.39. The SMILES string of the molecule is Cn1ncnc1SC1CC(C(C)(C)C)CCC1C#N. The van der Waals surface area contributed by atoms with Gasteiger partial charge in [0.1, 0.15) is 6.33 Å². The Hall–Kier alpha value is -1.02. The zero-order chi connectivity index (χ0) is 14.0. The van der Waals surface area contributed by atoms with Crippen molar-refractivity contribution in [2.75, 3.05) is 0 Å². The molecule has 0 aromatic carbocycles. The van der Waals surface area contributed by atoms with Crippen LogP contribution in [0, 0.1) is 28.6 Å². The van der Waals surface area contributed by atoms with Gasteiger partial charge in [-0.3, -0.25) is 0 Å². The summed E-state index contributed by atoms with van der Waals surface area (Å²) in [6, 6.07) is 2.48. The molecule has 0 amide bonds. The summed E-state index contributed by atoms with van der Waals surface area (Å²) in [6.45, 7) is 6.90. The Kier molecular flexibility index (Phi) is 4.19. The van der Waals surface area contributed by atoms with Crippen LogP contribution in [-0.4, -0.2) is 20.0 Å². The molecule has 0 saturated heterocycles. The summed E-state index contributed by atoms with van der Waals surface area (Å²) in [7, 11) is 1.90. The van der Waals surface area contributed by atoms with Gasteiger partial charge in [-0.05, 0) is 30.6 Å². The Morgan fingerprint density at radius 1 is 1.42 bits per heavy atom. The highest BCUT2D eigenvalue weighted by Crippen LogP contribution is 2.45. The van der Waals surface area contributed by atoms with E-state index in [1.165, 1.54) is 0 Å². The average molecular weight is 278 g/mol. The van der Waals surface area contributed by atoms with Crippen LogP contribution in [0.25, 0.3) is 0 Å². The summed E-state index contributed by atoms with van der Waals surface area (Å²) in [5.41, 5.74) is 0.319. The zero-order valence-corrected chi connectivity index (χ0v) is 12.9. The van der Waals surface area contributed by atoms with E-state index in [2.05, 4.69) is 36.9 Å². The first-order valence-electron chi connectivity index (χ1n) is 6.82. The summed E-state index contributed by atoms with van der Waals surface area (Å²) in [6.07, 6.45) is 4.85. The first-order chi connectivity index (χ1) is 8.91. The maximum Gasteiger partial charge on any atom is 0.186 e. The van der Waals surface area contributed by atoms with Crippen LogP contribution in [0.4, 0.5) is 0 Å². The van der Waals surface area contributed by atoms with Gasteiger partial charge in [-0.15, -0.1) is 0 Å². The van der Waals surface area contributed by atoms with E-state index in [1.54, 1.807) is 22.8 Å². The topological polar surface area (TPSA) is 54.5 Å². The van der Waals surface area contributed by atoms with Crippen molar-refractivity contribution in [3.8, 4) is 6.07 Å². The lowest BCUT2D eigenvalue weighted by Crippen LogP contribution is -2.33. The first-order valence-corrected chi connectivity index (χ1v) is 7.70. The number of aryl methyl sites for hydroxylation is 1. The fourth-order valence-electron chi connectivity index (χ4n) is 2.72. The number of hydrogen-bond acceptors (Lipinski definition) is 4. The Morgan fingerprint density at radius 3 is 2.68 bits per heavy atom. The fourth-order valence-corrected chi connectivity index (χ4v) is 3.99. The normalized spacial score (nSPS) is 28.1. The van der Waals surface area contributed by atoms with Crippen molar-refractivity contribution in [2.45, 2.75) is 50.4 Å². The number of thioether (sulfide) groups is 1. The Morgan fingerprint density at radius 2 is 2.16 bits per heavy atom. The predicted molar refractivity (Wildman–Crippen MR) is 76.5 cm³/mol. The van der Waals surface area contributed by atoms with Crippen molar-refractivity contribution in [1.29, 1.82) is 5.26 Å². The van der Waals surface area contributed by atoms with Crippen LogP contribution in [0.15, 0.2) is 11.5 Å². The molecule has 104 valence electrons. The third-order valence-electron chi connectivity index (χ3n) is 4.11. The highest BCUT2D eigenvalue weighted by atomic mass is 32.2. The molecule has 5 heteroatoms. The molecule has 1 fully saturated rings. The third kappa shape index (κ3) is 3.30. The number of nitrogens with zero attached hydrogens (tertiary/aromatic N) is 4. The van der Waals surface area contributed by atoms with E-state index in [-0.39, 0.29) is 5.92 Å².